The minimum Gasteiger partial charge on any atom is -0.481 e. The van der Waals surface area contributed by atoms with Gasteiger partial charge < -0.3 is 19.0 Å². The lowest BCUT2D eigenvalue weighted by Gasteiger charge is -1.97. The zero-order chi connectivity index (χ0) is 31.6. The Labute approximate surface area is 264 Å². The molecule has 2 fully saturated rings. The Morgan fingerprint density at radius 2 is 0.978 bits per heavy atom. The average molecular weight is 611 g/mol. The molecule has 4 unspecified atom stereocenters. The van der Waals surface area contributed by atoms with Crippen molar-refractivity contribution in [2.75, 3.05) is 0 Å². The topological polar surface area (TPSA) is 127 Å². The van der Waals surface area contributed by atoms with E-state index in [-0.39, 0.29) is 23.7 Å². The highest BCUT2D eigenvalue weighted by Crippen LogP contribution is 2.41. The quantitative estimate of drug-likeness (QED) is 0.176. The molecule has 2 N–H and O–H groups in total. The highest BCUT2D eigenvalue weighted by molar-refractivity contribution is 5.78. The number of hydrogen-bond acceptors (Lipinski definition) is 6. The van der Waals surface area contributed by atoms with E-state index in [9.17, 15) is 9.59 Å². The van der Waals surface area contributed by atoms with Gasteiger partial charge in [0, 0.05) is 11.1 Å². The molecule has 4 aromatic carbocycles. The fourth-order valence-corrected chi connectivity index (χ4v) is 5.36. The van der Waals surface area contributed by atoms with Crippen LogP contribution in [0.5, 0.6) is 0 Å². The zero-order valence-corrected chi connectivity index (χ0v) is 24.7. The molecule has 6 aromatic rings. The Balaban J connectivity index is 0.000000147. The molecule has 2 aliphatic carbocycles. The van der Waals surface area contributed by atoms with Crippen molar-refractivity contribution in [1.29, 1.82) is 0 Å². The number of carbonyl (C=O) groups is 2. The fraction of sp³-hybridized carbons (Fsp3) is 0.158. The number of benzene rings is 4. The van der Waals surface area contributed by atoms with Gasteiger partial charge >= 0.3 is 11.9 Å². The van der Waals surface area contributed by atoms with Gasteiger partial charge in [-0.3, -0.25) is 9.59 Å². The molecule has 2 heterocycles. The molecule has 4 atom stereocenters. The Kier molecular flexibility index (Phi) is 7.76. The van der Waals surface area contributed by atoms with Gasteiger partial charge in [-0.2, -0.15) is 0 Å². The number of para-hydroxylation sites is 4. The van der Waals surface area contributed by atoms with Gasteiger partial charge in [0.2, 0.25) is 11.8 Å². The van der Waals surface area contributed by atoms with Crippen molar-refractivity contribution in [2.45, 2.75) is 12.8 Å². The van der Waals surface area contributed by atoms with E-state index >= 15 is 0 Å². The smallest absolute Gasteiger partial charge is 0.307 e. The summed E-state index contributed by atoms with van der Waals surface area (Å²) in [6.45, 7) is 0. The van der Waals surface area contributed by atoms with Crippen molar-refractivity contribution in [3.05, 3.63) is 120 Å². The number of hydrogen-bond donors (Lipinski definition) is 2. The van der Waals surface area contributed by atoms with E-state index in [0.29, 0.717) is 11.8 Å². The van der Waals surface area contributed by atoms with Crippen molar-refractivity contribution in [2.24, 2.45) is 23.7 Å². The summed E-state index contributed by atoms with van der Waals surface area (Å²) in [5.74, 6) is -0.259. The Morgan fingerprint density at radius 1 is 0.587 bits per heavy atom. The molecular weight excluding hydrogens is 580 g/mol. The maximum absolute atomic E-state index is 10.8. The van der Waals surface area contributed by atoms with Gasteiger partial charge in [-0.15, -0.1) is 0 Å². The number of oxazole rings is 2. The molecule has 228 valence electrons. The minimum absolute atomic E-state index is 0.171. The second-order valence-corrected chi connectivity index (χ2v) is 11.6. The summed E-state index contributed by atoms with van der Waals surface area (Å²) in [6, 6.07) is 31.2. The van der Waals surface area contributed by atoms with Crippen LogP contribution in [0.15, 0.2) is 118 Å². The summed E-state index contributed by atoms with van der Waals surface area (Å²) < 4.78 is 11.5. The minimum atomic E-state index is -0.703. The molecule has 46 heavy (non-hydrogen) atoms. The van der Waals surface area contributed by atoms with E-state index in [4.69, 9.17) is 19.0 Å². The molecule has 2 aliphatic rings. The number of allylic oxidation sites excluding steroid dienone is 2. The van der Waals surface area contributed by atoms with Crippen LogP contribution in [-0.2, 0) is 9.59 Å². The molecule has 0 bridgehead atoms. The number of carboxylic acids is 2. The normalized spacial score (nSPS) is 20.2. The van der Waals surface area contributed by atoms with Crippen LogP contribution in [0.25, 0.3) is 57.3 Å². The monoisotopic (exact) mass is 610 g/mol. The summed E-state index contributed by atoms with van der Waals surface area (Å²) in [5.41, 5.74) is 7.18. The predicted molar refractivity (Wildman–Crippen MR) is 175 cm³/mol. The van der Waals surface area contributed by atoms with Gasteiger partial charge in [-0.25, -0.2) is 9.97 Å². The van der Waals surface area contributed by atoms with Crippen LogP contribution in [0.3, 0.4) is 0 Å². The number of carboxylic acid groups (broad SMARTS) is 2. The molecule has 8 nitrogen and oxygen atoms in total. The first kappa shape index (κ1) is 29.0. The van der Waals surface area contributed by atoms with Gasteiger partial charge in [0.25, 0.3) is 0 Å². The van der Waals surface area contributed by atoms with E-state index in [0.717, 1.165) is 57.3 Å². The third-order valence-electron chi connectivity index (χ3n) is 8.29. The summed E-state index contributed by atoms with van der Waals surface area (Å²) in [6.07, 6.45) is 9.40. The molecule has 0 spiro atoms. The largest absolute Gasteiger partial charge is 0.481 e. The van der Waals surface area contributed by atoms with Gasteiger partial charge in [0.05, 0.1) is 11.8 Å². The van der Waals surface area contributed by atoms with Gasteiger partial charge in [-0.1, -0.05) is 72.8 Å². The number of aliphatic carboxylic acids is 2. The van der Waals surface area contributed by atoms with Crippen molar-refractivity contribution in [3.63, 3.8) is 0 Å². The third kappa shape index (κ3) is 6.51. The van der Waals surface area contributed by atoms with Crippen molar-refractivity contribution in [3.8, 4) is 22.9 Å². The molecule has 0 radical (unpaired) electrons. The zero-order valence-electron chi connectivity index (χ0n) is 24.7. The van der Waals surface area contributed by atoms with Crippen LogP contribution in [0.4, 0.5) is 0 Å². The van der Waals surface area contributed by atoms with Crippen LogP contribution in [0.1, 0.15) is 24.0 Å². The molecule has 2 aromatic heterocycles. The molecule has 0 saturated heterocycles. The summed E-state index contributed by atoms with van der Waals surface area (Å²) in [4.78, 5) is 30.6. The molecule has 8 rings (SSSR count). The van der Waals surface area contributed by atoms with Crippen molar-refractivity contribution < 1.29 is 28.6 Å². The van der Waals surface area contributed by atoms with Crippen molar-refractivity contribution in [1.82, 2.24) is 9.97 Å². The van der Waals surface area contributed by atoms with Gasteiger partial charge in [0.1, 0.15) is 11.0 Å². The first-order chi connectivity index (χ1) is 22.4. The lowest BCUT2D eigenvalue weighted by atomic mass is 10.1. The van der Waals surface area contributed by atoms with E-state index < -0.39 is 11.9 Å². The Morgan fingerprint density at radius 3 is 1.33 bits per heavy atom. The molecule has 0 amide bonds. The summed E-state index contributed by atoms with van der Waals surface area (Å²) in [7, 11) is 0. The highest BCUT2D eigenvalue weighted by Gasteiger charge is 2.41. The molecule has 0 aliphatic heterocycles. The molecule has 8 heteroatoms. The second-order valence-electron chi connectivity index (χ2n) is 11.6. The lowest BCUT2D eigenvalue weighted by molar-refractivity contribution is -0.139. The maximum Gasteiger partial charge on any atom is 0.307 e. The molecule has 2 saturated carbocycles. The number of fused-ring (bicyclic) bond motifs is 2. The second kappa shape index (κ2) is 12.3. The lowest BCUT2D eigenvalue weighted by Crippen LogP contribution is -1.97. The SMILES string of the molecule is O=C(O)C1CC1C=Cc1ccc(-c2nc3ccccc3o2)cc1.O=C(O)C1CC1C=Cc1ccc(-c2nc3ccccc3o2)cc1. The van der Waals surface area contributed by atoms with Crippen LogP contribution >= 0.6 is 0 Å². The highest BCUT2D eigenvalue weighted by atomic mass is 16.4. The first-order valence-electron chi connectivity index (χ1n) is 15.2. The van der Waals surface area contributed by atoms with E-state index in [1.807, 2.05) is 121 Å². The number of nitrogens with zero attached hydrogens (tertiary/aromatic N) is 2. The van der Waals surface area contributed by atoms with E-state index in [1.54, 1.807) is 0 Å². The first-order valence-corrected chi connectivity index (χ1v) is 15.2. The Bertz CT molecular complexity index is 1870. The summed E-state index contributed by atoms with van der Waals surface area (Å²) >= 11 is 0. The number of rotatable bonds is 8. The Hall–Kier alpha value is -5.76. The van der Waals surface area contributed by atoms with Crippen LogP contribution in [-0.4, -0.2) is 32.1 Å². The van der Waals surface area contributed by atoms with Gasteiger partial charge in [-0.05, 0) is 84.3 Å². The third-order valence-corrected chi connectivity index (χ3v) is 8.29. The molecular formula is C38H30N2O6. The number of aromatic nitrogens is 2. The predicted octanol–water partition coefficient (Wildman–Crippen LogP) is 8.46. The van der Waals surface area contributed by atoms with E-state index in [2.05, 4.69) is 9.97 Å². The maximum atomic E-state index is 10.8. The van der Waals surface area contributed by atoms with Gasteiger partial charge in [0.15, 0.2) is 11.2 Å². The standard InChI is InChI=1S/2C19H15NO3/c2*21-19(22)15-11-14(15)10-7-12-5-8-13(9-6-12)18-20-16-3-1-2-4-17(16)23-18/h2*1-10,14-15H,11H2,(H,21,22). The van der Waals surface area contributed by atoms with Crippen LogP contribution < -0.4 is 0 Å². The fourth-order valence-electron chi connectivity index (χ4n) is 5.36. The van der Waals surface area contributed by atoms with Crippen molar-refractivity contribution >= 4 is 46.3 Å². The van der Waals surface area contributed by atoms with E-state index in [1.165, 1.54) is 0 Å². The average Bonchev–Trinajstić information content (AvgIpc) is 3.95. The summed E-state index contributed by atoms with van der Waals surface area (Å²) in [5, 5.41) is 17.8. The van der Waals surface area contributed by atoms with Crippen LogP contribution in [0, 0.1) is 23.7 Å². The van der Waals surface area contributed by atoms with Crippen LogP contribution in [0.2, 0.25) is 0 Å².